The summed E-state index contributed by atoms with van der Waals surface area (Å²) >= 11 is 1.19. The Bertz CT molecular complexity index is 1440. The molecule has 0 unspecified atom stereocenters. The number of thioether (sulfide) groups is 1. The number of imide groups is 1. The quantitative estimate of drug-likeness (QED) is 0.235. The maximum atomic E-state index is 13.6. The van der Waals surface area contributed by atoms with Crippen LogP contribution in [-0.2, 0) is 19.1 Å². The van der Waals surface area contributed by atoms with Crippen LogP contribution in [0.5, 0.6) is 0 Å². The smallest absolute Gasteiger partial charge is 0.338 e. The van der Waals surface area contributed by atoms with Crippen LogP contribution >= 0.6 is 11.8 Å². The van der Waals surface area contributed by atoms with Crippen LogP contribution in [0.1, 0.15) is 53.5 Å². The number of nitrogens with one attached hydrogen (secondary N) is 1. The van der Waals surface area contributed by atoms with Crippen molar-refractivity contribution in [2.24, 2.45) is 0 Å². The van der Waals surface area contributed by atoms with Crippen molar-refractivity contribution in [1.29, 1.82) is 0 Å². The third-order valence-electron chi connectivity index (χ3n) is 5.81. The monoisotopic (exact) mass is 558 g/mol. The summed E-state index contributed by atoms with van der Waals surface area (Å²) in [6.07, 6.45) is 0.454. The standard InChI is InChI=1S/C31H30N2O6S/c1-5-18-38-30(36)21-10-14-24(15-11-21)33-28(34)26(27(29(33)35)40-25-16-6-20(4)7-17-25)32-23-12-8-22(9-13-23)31(37)39-19(2)3/h6-17,19,32H,5,18H2,1-4H3. The second kappa shape index (κ2) is 12.7. The van der Waals surface area contributed by atoms with Gasteiger partial charge in [0, 0.05) is 10.6 Å². The molecule has 1 aliphatic rings. The lowest BCUT2D eigenvalue weighted by Crippen LogP contribution is -2.32. The van der Waals surface area contributed by atoms with E-state index in [1.165, 1.54) is 23.9 Å². The molecule has 1 aliphatic heterocycles. The van der Waals surface area contributed by atoms with Gasteiger partial charge in [-0.15, -0.1) is 0 Å². The summed E-state index contributed by atoms with van der Waals surface area (Å²) in [5.41, 5.74) is 2.73. The number of rotatable bonds is 10. The lowest BCUT2D eigenvalue weighted by atomic mass is 10.2. The first-order valence-corrected chi connectivity index (χ1v) is 13.7. The molecule has 206 valence electrons. The molecule has 4 rings (SSSR count). The minimum Gasteiger partial charge on any atom is -0.462 e. The Morgan fingerprint density at radius 1 is 0.850 bits per heavy atom. The number of esters is 2. The number of amides is 2. The summed E-state index contributed by atoms with van der Waals surface area (Å²) in [6, 6.07) is 20.3. The second-order valence-corrected chi connectivity index (χ2v) is 10.5. The zero-order valence-corrected chi connectivity index (χ0v) is 23.5. The summed E-state index contributed by atoms with van der Waals surface area (Å²) in [5, 5.41) is 3.08. The van der Waals surface area contributed by atoms with Gasteiger partial charge in [-0.2, -0.15) is 0 Å². The number of benzene rings is 3. The van der Waals surface area contributed by atoms with Crippen LogP contribution in [0.25, 0.3) is 0 Å². The Hall–Kier alpha value is -4.37. The topological polar surface area (TPSA) is 102 Å². The molecule has 9 heteroatoms. The van der Waals surface area contributed by atoms with Crippen LogP contribution in [0.3, 0.4) is 0 Å². The molecular formula is C31H30N2O6S. The van der Waals surface area contributed by atoms with E-state index in [2.05, 4.69) is 5.32 Å². The molecule has 3 aromatic carbocycles. The largest absolute Gasteiger partial charge is 0.462 e. The molecule has 0 radical (unpaired) electrons. The van der Waals surface area contributed by atoms with E-state index in [0.29, 0.717) is 35.5 Å². The molecule has 40 heavy (non-hydrogen) atoms. The average Bonchev–Trinajstić information content (AvgIpc) is 3.16. The summed E-state index contributed by atoms with van der Waals surface area (Å²) in [4.78, 5) is 53.8. The molecule has 0 bridgehead atoms. The fourth-order valence-corrected chi connectivity index (χ4v) is 4.74. The third-order valence-corrected chi connectivity index (χ3v) is 6.90. The highest BCUT2D eigenvalue weighted by Crippen LogP contribution is 2.38. The van der Waals surface area contributed by atoms with Crippen molar-refractivity contribution in [3.05, 3.63) is 100 Å². The van der Waals surface area contributed by atoms with Gasteiger partial charge in [-0.1, -0.05) is 36.4 Å². The SMILES string of the molecule is CCCOC(=O)c1ccc(N2C(=O)C(Nc3ccc(C(=O)OC(C)C)cc3)=C(Sc3ccc(C)cc3)C2=O)cc1. The molecule has 0 saturated heterocycles. The molecule has 1 heterocycles. The Kier molecular flexibility index (Phi) is 9.06. The van der Waals surface area contributed by atoms with Gasteiger partial charge < -0.3 is 14.8 Å². The van der Waals surface area contributed by atoms with Crippen molar-refractivity contribution in [2.75, 3.05) is 16.8 Å². The van der Waals surface area contributed by atoms with Crippen molar-refractivity contribution in [3.8, 4) is 0 Å². The fourth-order valence-electron chi connectivity index (χ4n) is 3.81. The number of anilines is 2. The number of aryl methyl sites for hydroxylation is 1. The van der Waals surface area contributed by atoms with Crippen LogP contribution in [0, 0.1) is 6.92 Å². The highest BCUT2D eigenvalue weighted by Gasteiger charge is 2.40. The number of nitrogens with zero attached hydrogens (tertiary/aromatic N) is 1. The highest BCUT2D eigenvalue weighted by atomic mass is 32.2. The van der Waals surface area contributed by atoms with E-state index in [1.54, 1.807) is 50.2 Å². The average molecular weight is 559 g/mol. The molecule has 8 nitrogen and oxygen atoms in total. The van der Waals surface area contributed by atoms with Crippen molar-refractivity contribution in [1.82, 2.24) is 0 Å². The van der Waals surface area contributed by atoms with E-state index < -0.39 is 23.8 Å². The Morgan fingerprint density at radius 3 is 2.05 bits per heavy atom. The molecular weight excluding hydrogens is 528 g/mol. The molecule has 0 saturated carbocycles. The van der Waals surface area contributed by atoms with Gasteiger partial charge in [0.15, 0.2) is 0 Å². The number of hydrogen-bond acceptors (Lipinski definition) is 8. The zero-order valence-electron chi connectivity index (χ0n) is 22.7. The lowest BCUT2D eigenvalue weighted by molar-refractivity contribution is -0.120. The lowest BCUT2D eigenvalue weighted by Gasteiger charge is -2.16. The van der Waals surface area contributed by atoms with Gasteiger partial charge in [0.2, 0.25) is 0 Å². The van der Waals surface area contributed by atoms with Crippen LogP contribution in [0.4, 0.5) is 11.4 Å². The minimum absolute atomic E-state index is 0.111. The van der Waals surface area contributed by atoms with Crippen molar-refractivity contribution in [2.45, 2.75) is 45.1 Å². The second-order valence-electron chi connectivity index (χ2n) is 9.40. The van der Waals surface area contributed by atoms with Gasteiger partial charge in [-0.25, -0.2) is 14.5 Å². The van der Waals surface area contributed by atoms with E-state index in [4.69, 9.17) is 9.47 Å². The van der Waals surface area contributed by atoms with Crippen molar-refractivity contribution in [3.63, 3.8) is 0 Å². The van der Waals surface area contributed by atoms with Gasteiger partial charge in [-0.3, -0.25) is 9.59 Å². The van der Waals surface area contributed by atoms with Gasteiger partial charge >= 0.3 is 11.9 Å². The van der Waals surface area contributed by atoms with Crippen LogP contribution in [-0.4, -0.2) is 36.5 Å². The number of hydrogen-bond donors (Lipinski definition) is 1. The van der Waals surface area contributed by atoms with Gasteiger partial charge in [-0.05, 0) is 87.9 Å². The summed E-state index contributed by atoms with van der Waals surface area (Å²) < 4.78 is 10.4. The fraction of sp³-hybridized carbons (Fsp3) is 0.226. The molecule has 1 N–H and O–H groups in total. The molecule has 0 spiro atoms. The zero-order chi connectivity index (χ0) is 28.8. The predicted octanol–water partition coefficient (Wildman–Crippen LogP) is 6.12. The van der Waals surface area contributed by atoms with Crippen LogP contribution in [0.2, 0.25) is 0 Å². The van der Waals surface area contributed by atoms with Crippen molar-refractivity contribution < 1.29 is 28.7 Å². The Labute approximate surface area is 237 Å². The maximum absolute atomic E-state index is 13.6. The van der Waals surface area contributed by atoms with Crippen LogP contribution in [0.15, 0.2) is 88.3 Å². The minimum atomic E-state index is -0.538. The maximum Gasteiger partial charge on any atom is 0.338 e. The molecule has 0 atom stereocenters. The summed E-state index contributed by atoms with van der Waals surface area (Å²) in [7, 11) is 0. The number of ether oxygens (including phenoxy) is 2. The normalized spacial score (nSPS) is 13.2. The molecule has 0 aliphatic carbocycles. The number of carbonyl (C=O) groups is 4. The Morgan fingerprint density at radius 2 is 1.45 bits per heavy atom. The van der Waals surface area contributed by atoms with Crippen LogP contribution < -0.4 is 10.2 Å². The van der Waals surface area contributed by atoms with E-state index in [1.807, 2.05) is 38.1 Å². The highest BCUT2D eigenvalue weighted by molar-refractivity contribution is 8.04. The van der Waals surface area contributed by atoms with E-state index in [-0.39, 0.29) is 16.7 Å². The van der Waals surface area contributed by atoms with E-state index >= 15 is 0 Å². The predicted molar refractivity (Wildman–Crippen MR) is 154 cm³/mol. The molecule has 0 fully saturated rings. The summed E-state index contributed by atoms with van der Waals surface area (Å²) in [5.74, 6) is -1.94. The molecule has 3 aromatic rings. The van der Waals surface area contributed by atoms with Gasteiger partial charge in [0.05, 0.1) is 29.5 Å². The third kappa shape index (κ3) is 6.60. The first-order valence-electron chi connectivity index (χ1n) is 12.9. The first-order chi connectivity index (χ1) is 19.2. The van der Waals surface area contributed by atoms with Crippen molar-refractivity contribution >= 4 is 46.9 Å². The van der Waals surface area contributed by atoms with Gasteiger partial charge in [0.1, 0.15) is 10.6 Å². The Balaban J connectivity index is 1.63. The van der Waals surface area contributed by atoms with E-state index in [9.17, 15) is 19.2 Å². The van der Waals surface area contributed by atoms with Gasteiger partial charge in [0.25, 0.3) is 11.8 Å². The van der Waals surface area contributed by atoms with E-state index in [0.717, 1.165) is 15.4 Å². The number of carbonyl (C=O) groups excluding carboxylic acids is 4. The molecule has 2 amide bonds. The molecule has 0 aromatic heterocycles. The first kappa shape index (κ1) is 28.6. The summed E-state index contributed by atoms with van der Waals surface area (Å²) in [6.45, 7) is 7.72.